The molecule has 0 spiro atoms. The second-order valence-electron chi connectivity index (χ2n) is 5.16. The highest BCUT2D eigenvalue weighted by Crippen LogP contribution is 2.36. The summed E-state index contributed by atoms with van der Waals surface area (Å²) in [5.74, 6) is 0.774. The van der Waals surface area contributed by atoms with Gasteiger partial charge in [0, 0.05) is 6.20 Å². The van der Waals surface area contributed by atoms with Crippen LogP contribution in [0.25, 0.3) is 16.1 Å². The third-order valence-corrected chi connectivity index (χ3v) is 4.49. The van der Waals surface area contributed by atoms with Crippen LogP contribution < -0.4 is 15.9 Å². The topological polar surface area (TPSA) is 103 Å². The van der Waals surface area contributed by atoms with Gasteiger partial charge in [0.15, 0.2) is 4.88 Å². The summed E-state index contributed by atoms with van der Waals surface area (Å²) in [7, 11) is 0. The van der Waals surface area contributed by atoms with Crippen molar-refractivity contribution in [3.63, 3.8) is 0 Å². The number of hydrogen-bond donors (Lipinski definition) is 2. The van der Waals surface area contributed by atoms with Gasteiger partial charge in [-0.05, 0) is 30.5 Å². The first kappa shape index (κ1) is 16.1. The van der Waals surface area contributed by atoms with Gasteiger partial charge in [-0.2, -0.15) is 5.10 Å². The molecule has 3 aromatic rings. The van der Waals surface area contributed by atoms with E-state index in [0.29, 0.717) is 23.2 Å². The second kappa shape index (κ2) is 6.79. The third-order valence-electron chi connectivity index (χ3n) is 3.41. The molecule has 0 fully saturated rings. The van der Waals surface area contributed by atoms with Gasteiger partial charge in [-0.25, -0.2) is 9.50 Å². The number of aryl methyl sites for hydroxylation is 1. The van der Waals surface area contributed by atoms with Gasteiger partial charge in [0.2, 0.25) is 5.88 Å². The van der Waals surface area contributed by atoms with E-state index >= 15 is 0 Å². The largest absolute Gasteiger partial charge is 0.476 e. The van der Waals surface area contributed by atoms with Crippen molar-refractivity contribution in [3.8, 4) is 16.5 Å². The van der Waals surface area contributed by atoms with Crippen LogP contribution in [0.3, 0.4) is 0 Å². The van der Waals surface area contributed by atoms with E-state index in [1.54, 1.807) is 0 Å². The molecule has 0 atom stereocenters. The van der Waals surface area contributed by atoms with Crippen molar-refractivity contribution in [2.45, 2.75) is 20.3 Å². The number of nitrogens with two attached hydrogens (primary N) is 2. The van der Waals surface area contributed by atoms with Crippen LogP contribution in [0.4, 0.5) is 0 Å². The average Bonchev–Trinajstić information content (AvgIpc) is 3.12. The number of amidine groups is 1. The van der Waals surface area contributed by atoms with Gasteiger partial charge in [0.05, 0.1) is 23.4 Å². The number of hydrogen-bond acceptors (Lipinski definition) is 4. The number of rotatable bonds is 6. The molecule has 0 unspecified atom stereocenters. The van der Waals surface area contributed by atoms with Gasteiger partial charge in [0.1, 0.15) is 5.01 Å². The summed E-state index contributed by atoms with van der Waals surface area (Å²) >= 11 is 1.42. The summed E-state index contributed by atoms with van der Waals surface area (Å²) in [4.78, 5) is 9.27. The van der Waals surface area contributed by atoms with Crippen molar-refractivity contribution in [1.82, 2.24) is 14.6 Å². The van der Waals surface area contributed by atoms with Crippen molar-refractivity contribution < 1.29 is 10.1 Å². The molecule has 0 aliphatic rings. The SMILES string of the molecule is CCCOc1nc(-c2c(C)nn3ccccc23)sc1C(N)=NC=[NH2+]. The van der Waals surface area contributed by atoms with Gasteiger partial charge in [-0.1, -0.05) is 13.0 Å². The lowest BCUT2D eigenvalue weighted by atomic mass is 10.2. The highest BCUT2D eigenvalue weighted by Gasteiger charge is 2.23. The Morgan fingerprint density at radius 2 is 2.33 bits per heavy atom. The van der Waals surface area contributed by atoms with Crippen LogP contribution in [0.1, 0.15) is 23.9 Å². The zero-order valence-corrected chi connectivity index (χ0v) is 14.4. The van der Waals surface area contributed by atoms with Crippen molar-refractivity contribution >= 4 is 29.0 Å². The number of fused-ring (bicyclic) bond motifs is 1. The van der Waals surface area contributed by atoms with E-state index in [4.69, 9.17) is 15.9 Å². The first-order valence-electron chi connectivity index (χ1n) is 7.60. The predicted molar refractivity (Wildman–Crippen MR) is 95.5 cm³/mol. The molecule has 7 nitrogen and oxygen atoms in total. The van der Waals surface area contributed by atoms with Gasteiger partial charge in [0.25, 0.3) is 12.2 Å². The van der Waals surface area contributed by atoms with Crippen LogP contribution in [0.15, 0.2) is 29.4 Å². The maximum atomic E-state index is 6.00. The second-order valence-corrected chi connectivity index (χ2v) is 6.16. The van der Waals surface area contributed by atoms with E-state index in [0.717, 1.165) is 28.2 Å². The fraction of sp³-hybridized carbons (Fsp3) is 0.250. The average molecular weight is 343 g/mol. The molecule has 24 heavy (non-hydrogen) atoms. The van der Waals surface area contributed by atoms with Gasteiger partial charge < -0.3 is 10.5 Å². The predicted octanol–water partition coefficient (Wildman–Crippen LogP) is 1.05. The maximum absolute atomic E-state index is 6.00. The van der Waals surface area contributed by atoms with E-state index in [2.05, 4.69) is 15.1 Å². The molecule has 0 radical (unpaired) electrons. The fourth-order valence-corrected chi connectivity index (χ4v) is 3.42. The highest BCUT2D eigenvalue weighted by molar-refractivity contribution is 7.17. The molecule has 0 aromatic carbocycles. The summed E-state index contributed by atoms with van der Waals surface area (Å²) in [6.45, 7) is 4.55. The zero-order valence-electron chi connectivity index (χ0n) is 13.6. The van der Waals surface area contributed by atoms with Crippen LogP contribution in [0.2, 0.25) is 0 Å². The van der Waals surface area contributed by atoms with Gasteiger partial charge in [-0.3, -0.25) is 5.41 Å². The molecule has 3 rings (SSSR count). The number of ether oxygens (including phenoxy) is 1. The monoisotopic (exact) mass is 343 g/mol. The van der Waals surface area contributed by atoms with Crippen molar-refractivity contribution in [3.05, 3.63) is 35.0 Å². The molecule has 0 saturated carbocycles. The van der Waals surface area contributed by atoms with Crippen molar-refractivity contribution in [2.75, 3.05) is 6.61 Å². The van der Waals surface area contributed by atoms with E-state index in [1.165, 1.54) is 17.7 Å². The molecule has 4 N–H and O–H groups in total. The van der Waals surface area contributed by atoms with Crippen molar-refractivity contribution in [2.24, 2.45) is 10.7 Å². The molecule has 0 aliphatic carbocycles. The summed E-state index contributed by atoms with van der Waals surface area (Å²) in [6.07, 6.45) is 3.95. The first-order valence-corrected chi connectivity index (χ1v) is 8.42. The van der Waals surface area contributed by atoms with Crippen LogP contribution in [-0.2, 0) is 0 Å². The van der Waals surface area contributed by atoms with Crippen LogP contribution in [0, 0.1) is 6.92 Å². The quantitative estimate of drug-likeness (QED) is 0.515. The molecule has 124 valence electrons. The summed E-state index contributed by atoms with van der Waals surface area (Å²) in [5.41, 5.74) is 8.85. The van der Waals surface area contributed by atoms with Gasteiger partial charge in [-0.15, -0.1) is 11.3 Å². The smallest absolute Gasteiger partial charge is 0.280 e. The Morgan fingerprint density at radius 3 is 3.08 bits per heavy atom. The fourth-order valence-electron chi connectivity index (χ4n) is 2.39. The Bertz CT molecular complexity index is 911. The van der Waals surface area contributed by atoms with Crippen molar-refractivity contribution in [1.29, 1.82) is 0 Å². The summed E-state index contributed by atoms with van der Waals surface area (Å²) < 4.78 is 7.58. The van der Waals surface area contributed by atoms with Crippen LogP contribution in [-0.4, -0.2) is 33.4 Å². The number of thiazole rings is 1. The first-order chi connectivity index (χ1) is 11.7. The molecule has 0 amide bonds. The number of nitrogens with zero attached hydrogens (tertiary/aromatic N) is 4. The molecule has 0 aliphatic heterocycles. The Balaban J connectivity index is 2.15. The molecule has 8 heteroatoms. The normalized spacial score (nSPS) is 11.8. The van der Waals surface area contributed by atoms with E-state index in [-0.39, 0.29) is 0 Å². The Hall–Kier alpha value is -2.74. The highest BCUT2D eigenvalue weighted by atomic mass is 32.1. The lowest BCUT2D eigenvalue weighted by molar-refractivity contribution is -0.106. The molecule has 0 saturated heterocycles. The molecular formula is C16H19N6OS+. The van der Waals surface area contributed by atoms with Crippen LogP contribution >= 0.6 is 11.3 Å². The lowest BCUT2D eigenvalue weighted by Gasteiger charge is -2.00. The lowest BCUT2D eigenvalue weighted by Crippen LogP contribution is -2.30. The van der Waals surface area contributed by atoms with Crippen LogP contribution in [0.5, 0.6) is 5.88 Å². The minimum Gasteiger partial charge on any atom is -0.476 e. The summed E-state index contributed by atoms with van der Waals surface area (Å²) in [5, 5.41) is 10.7. The molecular weight excluding hydrogens is 324 g/mol. The summed E-state index contributed by atoms with van der Waals surface area (Å²) in [6, 6.07) is 5.92. The standard InChI is InChI=1S/C16H18N6OS/c1-3-8-23-15-13(14(18)19-9-17)24-16(20-15)12-10(2)21-22-7-5-4-6-11(12)22/h4-7,9H,3,8H2,1-2H3,(H3,17,18,19)/p+1. The number of pyridine rings is 1. The zero-order chi connectivity index (χ0) is 17.1. The molecule has 3 heterocycles. The van der Waals surface area contributed by atoms with Gasteiger partial charge >= 0.3 is 0 Å². The number of aliphatic imine (C=N–C) groups is 1. The Labute approximate surface area is 143 Å². The van der Waals surface area contributed by atoms with E-state index in [1.807, 2.05) is 42.8 Å². The minimum absolute atomic E-state index is 0.293. The Kier molecular flexibility index (Phi) is 4.57. The molecule has 3 aromatic heterocycles. The molecule has 0 bridgehead atoms. The van der Waals surface area contributed by atoms with E-state index < -0.39 is 0 Å². The maximum Gasteiger partial charge on any atom is 0.280 e. The van der Waals surface area contributed by atoms with E-state index in [9.17, 15) is 0 Å². The third kappa shape index (κ3) is 2.88. The minimum atomic E-state index is 0.293. The Morgan fingerprint density at radius 1 is 1.50 bits per heavy atom. The number of aromatic nitrogens is 3.